The zero-order valence-corrected chi connectivity index (χ0v) is 15.2. The Morgan fingerprint density at radius 2 is 1.76 bits per heavy atom. The Balaban J connectivity index is 1.97. The predicted molar refractivity (Wildman–Crippen MR) is 95.4 cm³/mol. The van der Waals surface area contributed by atoms with Crippen molar-refractivity contribution in [2.45, 2.75) is 24.7 Å². The van der Waals surface area contributed by atoms with Crippen LogP contribution in [0, 0.1) is 12.7 Å². The number of hydrogen-bond acceptors (Lipinski definition) is 3. The Morgan fingerprint density at radius 3 is 2.36 bits per heavy atom. The topological polar surface area (TPSA) is 66.5 Å². The monoisotopic (exact) mass is 364 g/mol. The molecule has 1 N–H and O–H groups in total. The molecule has 0 spiro atoms. The summed E-state index contributed by atoms with van der Waals surface area (Å²) in [5.74, 6) is -0.628. The lowest BCUT2D eigenvalue weighted by molar-refractivity contribution is -0.116. The van der Waals surface area contributed by atoms with E-state index in [1.165, 1.54) is 38.4 Å². The highest BCUT2D eigenvalue weighted by atomic mass is 32.2. The predicted octanol–water partition coefficient (Wildman–Crippen LogP) is 2.96. The van der Waals surface area contributed by atoms with Gasteiger partial charge in [-0.05, 0) is 48.7 Å². The number of hydrogen-bond donors (Lipinski definition) is 1. The fourth-order valence-electron chi connectivity index (χ4n) is 2.24. The van der Waals surface area contributed by atoms with E-state index in [1.54, 1.807) is 25.1 Å². The van der Waals surface area contributed by atoms with Gasteiger partial charge in [0, 0.05) is 26.2 Å². The number of nitrogens with zero attached hydrogens (tertiary/aromatic N) is 1. The van der Waals surface area contributed by atoms with Gasteiger partial charge in [0.05, 0.1) is 4.90 Å². The Hall–Kier alpha value is -2.25. The van der Waals surface area contributed by atoms with Crippen LogP contribution in [0.3, 0.4) is 0 Å². The van der Waals surface area contributed by atoms with Gasteiger partial charge in [0.15, 0.2) is 0 Å². The van der Waals surface area contributed by atoms with Gasteiger partial charge in [-0.2, -0.15) is 0 Å². The van der Waals surface area contributed by atoms with Crippen molar-refractivity contribution in [1.82, 2.24) is 4.31 Å². The van der Waals surface area contributed by atoms with Crippen LogP contribution in [0.15, 0.2) is 47.4 Å². The van der Waals surface area contributed by atoms with Crippen LogP contribution in [0.2, 0.25) is 0 Å². The van der Waals surface area contributed by atoms with Crippen molar-refractivity contribution in [3.63, 3.8) is 0 Å². The minimum Gasteiger partial charge on any atom is -0.326 e. The van der Waals surface area contributed by atoms with Crippen molar-refractivity contribution >= 4 is 21.6 Å². The molecule has 0 unspecified atom stereocenters. The largest absolute Gasteiger partial charge is 0.326 e. The third-order valence-corrected chi connectivity index (χ3v) is 5.65. The second-order valence-corrected chi connectivity index (χ2v) is 8.09. The molecule has 25 heavy (non-hydrogen) atoms. The molecule has 7 heteroatoms. The standard InChI is InChI=1S/C18H21FN2O3S/c1-13-4-8-15(19)12-17(13)20-18(22)11-7-14-5-9-16(10-6-14)25(23,24)21(2)3/h4-6,8-10,12H,7,11H2,1-3H3,(H,20,22). The van der Waals surface area contributed by atoms with Crippen LogP contribution in [0.1, 0.15) is 17.5 Å². The molecule has 1 amide bonds. The number of rotatable bonds is 6. The Morgan fingerprint density at radius 1 is 1.12 bits per heavy atom. The van der Waals surface area contributed by atoms with E-state index in [1.807, 2.05) is 0 Å². The van der Waals surface area contributed by atoms with Gasteiger partial charge in [0.1, 0.15) is 5.82 Å². The summed E-state index contributed by atoms with van der Waals surface area (Å²) in [5, 5.41) is 2.69. The molecule has 0 fully saturated rings. The smallest absolute Gasteiger partial charge is 0.242 e. The minimum atomic E-state index is -3.46. The van der Waals surface area contributed by atoms with E-state index in [-0.39, 0.29) is 17.2 Å². The van der Waals surface area contributed by atoms with Crippen LogP contribution in [0.5, 0.6) is 0 Å². The molecule has 0 aliphatic rings. The molecule has 0 atom stereocenters. The average Bonchev–Trinajstić information content (AvgIpc) is 2.56. The summed E-state index contributed by atoms with van der Waals surface area (Å²) in [4.78, 5) is 12.2. The van der Waals surface area contributed by atoms with E-state index in [9.17, 15) is 17.6 Å². The van der Waals surface area contributed by atoms with E-state index in [4.69, 9.17) is 0 Å². The maximum atomic E-state index is 13.2. The molecule has 0 aliphatic heterocycles. The van der Waals surface area contributed by atoms with Crippen LogP contribution >= 0.6 is 0 Å². The summed E-state index contributed by atoms with van der Waals surface area (Å²) in [6, 6.07) is 10.7. The summed E-state index contributed by atoms with van der Waals surface area (Å²) >= 11 is 0. The number of nitrogens with one attached hydrogen (secondary N) is 1. The molecule has 134 valence electrons. The lowest BCUT2D eigenvalue weighted by Crippen LogP contribution is -2.22. The molecule has 2 aromatic carbocycles. The second kappa shape index (κ2) is 7.76. The fraction of sp³-hybridized carbons (Fsp3) is 0.278. The van der Waals surface area contributed by atoms with Gasteiger partial charge < -0.3 is 5.32 Å². The molecule has 0 aromatic heterocycles. The quantitative estimate of drug-likeness (QED) is 0.857. The highest BCUT2D eigenvalue weighted by molar-refractivity contribution is 7.89. The van der Waals surface area contributed by atoms with E-state index in [0.717, 1.165) is 15.4 Å². The summed E-state index contributed by atoms with van der Waals surface area (Å²) in [5.41, 5.74) is 2.09. The molecule has 0 aliphatic carbocycles. The molecule has 0 radical (unpaired) electrons. The van der Waals surface area contributed by atoms with Gasteiger partial charge in [-0.1, -0.05) is 18.2 Å². The molecule has 0 heterocycles. The fourth-order valence-corrected chi connectivity index (χ4v) is 3.14. The molecular weight excluding hydrogens is 343 g/mol. The second-order valence-electron chi connectivity index (χ2n) is 5.94. The van der Waals surface area contributed by atoms with Gasteiger partial charge >= 0.3 is 0 Å². The van der Waals surface area contributed by atoms with Gasteiger partial charge in [-0.25, -0.2) is 17.1 Å². The summed E-state index contributed by atoms with van der Waals surface area (Å²) < 4.78 is 38.4. The number of sulfonamides is 1. The van der Waals surface area contributed by atoms with E-state index < -0.39 is 15.8 Å². The van der Waals surface area contributed by atoms with Crippen molar-refractivity contribution in [3.05, 3.63) is 59.4 Å². The highest BCUT2D eigenvalue weighted by Gasteiger charge is 2.16. The maximum Gasteiger partial charge on any atom is 0.242 e. The summed E-state index contributed by atoms with van der Waals surface area (Å²) in [7, 11) is -0.508. The number of halogens is 1. The van der Waals surface area contributed by atoms with Crippen LogP contribution in [-0.4, -0.2) is 32.7 Å². The first-order valence-corrected chi connectivity index (χ1v) is 9.21. The third-order valence-electron chi connectivity index (χ3n) is 3.82. The molecule has 5 nitrogen and oxygen atoms in total. The number of carbonyl (C=O) groups is 1. The van der Waals surface area contributed by atoms with Crippen molar-refractivity contribution < 1.29 is 17.6 Å². The number of amides is 1. The molecular formula is C18H21FN2O3S. The first-order valence-electron chi connectivity index (χ1n) is 7.77. The van der Waals surface area contributed by atoms with Gasteiger partial charge in [-0.15, -0.1) is 0 Å². The zero-order valence-electron chi connectivity index (χ0n) is 14.4. The lowest BCUT2D eigenvalue weighted by Gasteiger charge is -2.12. The first-order chi connectivity index (χ1) is 11.7. The highest BCUT2D eigenvalue weighted by Crippen LogP contribution is 2.17. The summed E-state index contributed by atoms with van der Waals surface area (Å²) in [6.07, 6.45) is 0.679. The molecule has 0 bridgehead atoms. The Kier molecular flexibility index (Phi) is 5.92. The Bertz CT molecular complexity index is 862. The number of carbonyl (C=O) groups excluding carboxylic acids is 1. The van der Waals surface area contributed by atoms with Gasteiger partial charge in [0.2, 0.25) is 15.9 Å². The van der Waals surface area contributed by atoms with E-state index in [0.29, 0.717) is 12.1 Å². The molecule has 0 saturated carbocycles. The number of aryl methyl sites for hydroxylation is 2. The number of benzene rings is 2. The first kappa shape index (κ1) is 19.1. The van der Waals surface area contributed by atoms with Crippen LogP contribution < -0.4 is 5.32 Å². The molecule has 2 aromatic rings. The van der Waals surface area contributed by atoms with Crippen molar-refractivity contribution in [3.8, 4) is 0 Å². The lowest BCUT2D eigenvalue weighted by atomic mass is 10.1. The summed E-state index contributed by atoms with van der Waals surface area (Å²) in [6.45, 7) is 1.79. The third kappa shape index (κ3) is 4.87. The SMILES string of the molecule is Cc1ccc(F)cc1NC(=O)CCc1ccc(S(=O)(=O)N(C)C)cc1. The van der Waals surface area contributed by atoms with Crippen LogP contribution in [0.25, 0.3) is 0 Å². The van der Waals surface area contributed by atoms with Crippen LogP contribution in [0.4, 0.5) is 10.1 Å². The van der Waals surface area contributed by atoms with Gasteiger partial charge in [0.25, 0.3) is 0 Å². The van der Waals surface area contributed by atoms with Crippen LogP contribution in [-0.2, 0) is 21.2 Å². The molecule has 2 rings (SSSR count). The Labute approximate surface area is 147 Å². The zero-order chi connectivity index (χ0) is 18.6. The van der Waals surface area contributed by atoms with Crippen molar-refractivity contribution in [2.24, 2.45) is 0 Å². The van der Waals surface area contributed by atoms with E-state index >= 15 is 0 Å². The van der Waals surface area contributed by atoms with Gasteiger partial charge in [-0.3, -0.25) is 4.79 Å². The maximum absolute atomic E-state index is 13.2. The number of anilines is 1. The molecule has 0 saturated heterocycles. The minimum absolute atomic E-state index is 0.209. The van der Waals surface area contributed by atoms with Crippen molar-refractivity contribution in [2.75, 3.05) is 19.4 Å². The average molecular weight is 364 g/mol. The van der Waals surface area contributed by atoms with E-state index in [2.05, 4.69) is 5.32 Å². The van der Waals surface area contributed by atoms with Crippen molar-refractivity contribution in [1.29, 1.82) is 0 Å². The normalized spacial score (nSPS) is 11.6.